The second-order valence-corrected chi connectivity index (χ2v) is 8.14. The van der Waals surface area contributed by atoms with Crippen LogP contribution in [0.2, 0.25) is 0 Å². The van der Waals surface area contributed by atoms with Gasteiger partial charge in [0.2, 0.25) is 5.91 Å². The molecule has 29 heavy (non-hydrogen) atoms. The Kier molecular flexibility index (Phi) is 6.83. The smallest absolute Gasteiger partial charge is 0.235 e. The van der Waals surface area contributed by atoms with Crippen LogP contribution >= 0.6 is 0 Å². The third kappa shape index (κ3) is 4.75. The number of amides is 1. The van der Waals surface area contributed by atoms with Gasteiger partial charge in [0.1, 0.15) is 11.5 Å². The molecule has 4 nitrogen and oxygen atoms in total. The maximum Gasteiger partial charge on any atom is 0.235 e. The standard InChI is InChI=1S/C25H33NO3/c1-5-19(3)29-23-14-11-21(17-18(23)2)26-24(27)25(15-7-6-8-16-25)20-9-12-22(28-4)13-10-20/h9-14,17,19H,5-8,15-16H2,1-4H3,(H,26,27)/t19-/m1/s1. The first-order chi connectivity index (χ1) is 14.0. The summed E-state index contributed by atoms with van der Waals surface area (Å²) in [5, 5.41) is 3.19. The highest BCUT2D eigenvalue weighted by Crippen LogP contribution is 2.41. The molecule has 1 aliphatic rings. The van der Waals surface area contributed by atoms with Gasteiger partial charge in [0, 0.05) is 5.69 Å². The lowest BCUT2D eigenvalue weighted by Gasteiger charge is -2.36. The van der Waals surface area contributed by atoms with Crippen LogP contribution in [0.25, 0.3) is 0 Å². The van der Waals surface area contributed by atoms with E-state index in [-0.39, 0.29) is 12.0 Å². The van der Waals surface area contributed by atoms with E-state index < -0.39 is 5.41 Å². The van der Waals surface area contributed by atoms with Gasteiger partial charge in [-0.05, 0) is 74.6 Å². The molecule has 1 N–H and O–H groups in total. The molecule has 0 heterocycles. The Balaban J connectivity index is 1.82. The Labute approximate surface area is 174 Å². The van der Waals surface area contributed by atoms with E-state index in [9.17, 15) is 4.79 Å². The van der Waals surface area contributed by atoms with Gasteiger partial charge in [0.05, 0.1) is 18.6 Å². The van der Waals surface area contributed by atoms with Gasteiger partial charge in [0.15, 0.2) is 0 Å². The van der Waals surface area contributed by atoms with E-state index in [0.717, 1.165) is 60.4 Å². The number of hydrogen-bond acceptors (Lipinski definition) is 3. The minimum atomic E-state index is -0.482. The van der Waals surface area contributed by atoms with Crippen molar-refractivity contribution >= 4 is 11.6 Å². The van der Waals surface area contributed by atoms with Crippen molar-refractivity contribution in [1.29, 1.82) is 0 Å². The molecule has 2 aromatic carbocycles. The molecule has 0 spiro atoms. The summed E-state index contributed by atoms with van der Waals surface area (Å²) >= 11 is 0. The molecule has 0 aliphatic heterocycles. The van der Waals surface area contributed by atoms with Crippen LogP contribution in [0.1, 0.15) is 63.5 Å². The summed E-state index contributed by atoms with van der Waals surface area (Å²) in [7, 11) is 1.66. The van der Waals surface area contributed by atoms with E-state index in [0.29, 0.717) is 0 Å². The van der Waals surface area contributed by atoms with Crippen LogP contribution in [-0.4, -0.2) is 19.1 Å². The molecule has 1 fully saturated rings. The van der Waals surface area contributed by atoms with Crippen LogP contribution in [-0.2, 0) is 10.2 Å². The average Bonchev–Trinajstić information content (AvgIpc) is 2.76. The van der Waals surface area contributed by atoms with Crippen LogP contribution < -0.4 is 14.8 Å². The molecule has 0 aromatic heterocycles. The highest BCUT2D eigenvalue weighted by Gasteiger charge is 2.41. The fourth-order valence-corrected chi connectivity index (χ4v) is 4.12. The number of ether oxygens (including phenoxy) is 2. The molecular weight excluding hydrogens is 362 g/mol. The first-order valence-electron chi connectivity index (χ1n) is 10.7. The van der Waals surface area contributed by atoms with Crippen molar-refractivity contribution < 1.29 is 14.3 Å². The van der Waals surface area contributed by atoms with Gasteiger partial charge in [-0.15, -0.1) is 0 Å². The zero-order chi connectivity index (χ0) is 20.9. The maximum absolute atomic E-state index is 13.5. The molecule has 1 amide bonds. The van der Waals surface area contributed by atoms with Crippen molar-refractivity contribution in [2.24, 2.45) is 0 Å². The monoisotopic (exact) mass is 395 g/mol. The van der Waals surface area contributed by atoms with Crippen molar-refractivity contribution in [3.8, 4) is 11.5 Å². The molecule has 0 unspecified atom stereocenters. The number of carbonyl (C=O) groups is 1. The molecular formula is C25H33NO3. The van der Waals surface area contributed by atoms with Gasteiger partial charge in [0.25, 0.3) is 0 Å². The van der Waals surface area contributed by atoms with Crippen LogP contribution in [0, 0.1) is 6.92 Å². The van der Waals surface area contributed by atoms with Crippen LogP contribution in [0.5, 0.6) is 11.5 Å². The lowest BCUT2D eigenvalue weighted by Crippen LogP contribution is -2.42. The molecule has 1 aliphatic carbocycles. The van der Waals surface area contributed by atoms with Crippen molar-refractivity contribution in [3.05, 3.63) is 53.6 Å². The first-order valence-corrected chi connectivity index (χ1v) is 10.7. The fraction of sp³-hybridized carbons (Fsp3) is 0.480. The molecule has 156 valence electrons. The van der Waals surface area contributed by atoms with E-state index in [1.807, 2.05) is 49.4 Å². The normalized spacial score (nSPS) is 16.7. The van der Waals surface area contributed by atoms with E-state index >= 15 is 0 Å². The number of benzene rings is 2. The Hall–Kier alpha value is -2.49. The summed E-state index contributed by atoms with van der Waals surface area (Å²) in [4.78, 5) is 13.5. The Morgan fingerprint density at radius 3 is 2.38 bits per heavy atom. The third-order valence-corrected chi connectivity index (χ3v) is 6.12. The lowest BCUT2D eigenvalue weighted by molar-refractivity contribution is -0.122. The number of carbonyl (C=O) groups excluding carboxylic acids is 1. The van der Waals surface area contributed by atoms with E-state index in [4.69, 9.17) is 9.47 Å². The third-order valence-electron chi connectivity index (χ3n) is 6.12. The van der Waals surface area contributed by atoms with E-state index in [2.05, 4.69) is 19.2 Å². The molecule has 1 atom stereocenters. The van der Waals surface area contributed by atoms with Gasteiger partial charge >= 0.3 is 0 Å². The highest BCUT2D eigenvalue weighted by atomic mass is 16.5. The second kappa shape index (κ2) is 9.34. The van der Waals surface area contributed by atoms with Crippen molar-refractivity contribution in [1.82, 2.24) is 0 Å². The quantitative estimate of drug-likeness (QED) is 0.623. The molecule has 0 radical (unpaired) electrons. The summed E-state index contributed by atoms with van der Waals surface area (Å²) < 4.78 is 11.2. The maximum atomic E-state index is 13.5. The van der Waals surface area contributed by atoms with Crippen molar-refractivity contribution in [3.63, 3.8) is 0 Å². The van der Waals surface area contributed by atoms with Crippen molar-refractivity contribution in [2.45, 2.75) is 70.8 Å². The number of anilines is 1. The zero-order valence-corrected chi connectivity index (χ0v) is 18.1. The second-order valence-electron chi connectivity index (χ2n) is 8.14. The average molecular weight is 396 g/mol. The van der Waals surface area contributed by atoms with E-state index in [1.165, 1.54) is 6.42 Å². The largest absolute Gasteiger partial charge is 0.497 e. The molecule has 0 bridgehead atoms. The number of aryl methyl sites for hydroxylation is 1. The SMILES string of the molecule is CC[C@@H](C)Oc1ccc(NC(=O)C2(c3ccc(OC)cc3)CCCCC2)cc1C. The fourth-order valence-electron chi connectivity index (χ4n) is 4.12. The predicted molar refractivity (Wildman–Crippen MR) is 118 cm³/mol. The first kappa shape index (κ1) is 21.2. The van der Waals surface area contributed by atoms with E-state index in [1.54, 1.807) is 7.11 Å². The molecule has 4 heteroatoms. The topological polar surface area (TPSA) is 47.6 Å². The van der Waals surface area contributed by atoms with Gasteiger partial charge in [-0.1, -0.05) is 38.3 Å². The summed E-state index contributed by atoms with van der Waals surface area (Å²) in [5.41, 5.74) is 2.45. The zero-order valence-electron chi connectivity index (χ0n) is 18.1. The number of methoxy groups -OCH3 is 1. The van der Waals surface area contributed by atoms with Gasteiger partial charge < -0.3 is 14.8 Å². The Morgan fingerprint density at radius 2 is 1.79 bits per heavy atom. The number of hydrogen-bond donors (Lipinski definition) is 1. The summed E-state index contributed by atoms with van der Waals surface area (Å²) in [6.07, 6.45) is 6.21. The molecule has 3 rings (SSSR count). The summed E-state index contributed by atoms with van der Waals surface area (Å²) in [6, 6.07) is 13.9. The van der Waals surface area contributed by atoms with Crippen molar-refractivity contribution in [2.75, 3.05) is 12.4 Å². The summed E-state index contributed by atoms with van der Waals surface area (Å²) in [6.45, 7) is 6.20. The Morgan fingerprint density at radius 1 is 1.10 bits per heavy atom. The number of rotatable bonds is 7. The number of nitrogens with one attached hydrogen (secondary N) is 1. The molecule has 1 saturated carbocycles. The van der Waals surface area contributed by atoms with Crippen LogP contribution in [0.3, 0.4) is 0 Å². The highest BCUT2D eigenvalue weighted by molar-refractivity contribution is 5.99. The minimum absolute atomic E-state index is 0.0809. The lowest BCUT2D eigenvalue weighted by atomic mass is 9.68. The predicted octanol–water partition coefficient (Wildman–Crippen LogP) is 6.02. The molecule has 0 saturated heterocycles. The summed E-state index contributed by atoms with van der Waals surface area (Å²) in [5.74, 6) is 1.77. The Bertz CT molecular complexity index is 822. The molecule has 2 aromatic rings. The minimum Gasteiger partial charge on any atom is -0.497 e. The van der Waals surface area contributed by atoms with Gasteiger partial charge in [-0.2, -0.15) is 0 Å². The van der Waals surface area contributed by atoms with Gasteiger partial charge in [-0.25, -0.2) is 0 Å². The van der Waals surface area contributed by atoms with Crippen LogP contribution in [0.15, 0.2) is 42.5 Å². The van der Waals surface area contributed by atoms with Gasteiger partial charge in [-0.3, -0.25) is 4.79 Å². The van der Waals surface area contributed by atoms with Crippen LogP contribution in [0.4, 0.5) is 5.69 Å².